The second kappa shape index (κ2) is 10.5. The molecule has 41 heavy (non-hydrogen) atoms. The quantitative estimate of drug-likeness (QED) is 0.387. The largest absolute Gasteiger partial charge is 0.490 e. The van der Waals surface area contributed by atoms with E-state index in [9.17, 15) is 0 Å². The highest BCUT2D eigenvalue weighted by atomic mass is 16.5. The summed E-state index contributed by atoms with van der Waals surface area (Å²) in [5.74, 6) is 2.85. The van der Waals surface area contributed by atoms with Gasteiger partial charge in [0.1, 0.15) is 18.1 Å². The van der Waals surface area contributed by atoms with Crippen LogP contribution in [0.1, 0.15) is 43.9 Å². The molecule has 8 heteroatoms. The van der Waals surface area contributed by atoms with Crippen molar-refractivity contribution in [2.45, 2.75) is 50.9 Å². The molecule has 0 amide bonds. The molecular formula is C33H36N7O+. The lowest BCUT2D eigenvalue weighted by Crippen LogP contribution is -2.67. The smallest absolute Gasteiger partial charge is 0.260 e. The molecule has 2 aromatic carbocycles. The van der Waals surface area contributed by atoms with Crippen LogP contribution in [0.25, 0.3) is 17.0 Å². The van der Waals surface area contributed by atoms with Crippen LogP contribution in [0.5, 0.6) is 5.75 Å². The number of nitrogens with one attached hydrogen (secondary N) is 1. The van der Waals surface area contributed by atoms with Crippen LogP contribution in [-0.4, -0.2) is 57.5 Å². The number of aliphatic imine (C=N–C) groups is 2. The number of amidine groups is 2. The van der Waals surface area contributed by atoms with Crippen molar-refractivity contribution in [2.75, 3.05) is 13.1 Å². The van der Waals surface area contributed by atoms with Gasteiger partial charge in [-0.3, -0.25) is 4.98 Å². The van der Waals surface area contributed by atoms with Gasteiger partial charge in [0.15, 0.2) is 0 Å². The van der Waals surface area contributed by atoms with E-state index >= 15 is 0 Å². The zero-order valence-corrected chi connectivity index (χ0v) is 23.5. The van der Waals surface area contributed by atoms with E-state index in [1.54, 1.807) is 0 Å². The lowest BCUT2D eigenvalue weighted by Gasteiger charge is -2.43. The first-order valence-corrected chi connectivity index (χ1v) is 14.5. The van der Waals surface area contributed by atoms with Gasteiger partial charge < -0.3 is 15.8 Å². The minimum Gasteiger partial charge on any atom is -0.490 e. The number of rotatable bonds is 8. The maximum absolute atomic E-state index is 6.34. The van der Waals surface area contributed by atoms with Crippen molar-refractivity contribution in [3.05, 3.63) is 103 Å². The molecule has 2 bridgehead atoms. The van der Waals surface area contributed by atoms with Crippen LogP contribution in [0.3, 0.4) is 0 Å². The molecule has 2 saturated heterocycles. The third-order valence-corrected chi connectivity index (χ3v) is 8.52. The Kier molecular flexibility index (Phi) is 6.63. The van der Waals surface area contributed by atoms with Gasteiger partial charge in [-0.2, -0.15) is 9.98 Å². The highest BCUT2D eigenvalue weighted by Crippen LogP contribution is 2.39. The summed E-state index contributed by atoms with van der Waals surface area (Å²) >= 11 is 0. The highest BCUT2D eigenvalue weighted by molar-refractivity contribution is 6.07. The highest BCUT2D eigenvalue weighted by Gasteiger charge is 2.56. The standard InChI is InChI=1S/C33H36N7O/c1-22(41-29-6-4-3-5-7-29)16-33-38-31(18-32-35-14-15-40(32,33)39-21-27-17-28(39)20-36-27)26-12-13-30(37-19-26)25-10-8-24(9-11-25)23(2)34/h3-15,18-19,22-23,27-28,36H,16-17,20-21,34H2,1-2H3/q+1/t22?,23?,27-,28-,40+/m0/s1. The van der Waals surface area contributed by atoms with Crippen LogP contribution >= 0.6 is 0 Å². The molecule has 8 nitrogen and oxygen atoms in total. The van der Waals surface area contributed by atoms with Crippen molar-refractivity contribution in [1.82, 2.24) is 15.3 Å². The maximum atomic E-state index is 6.34. The second-order valence-corrected chi connectivity index (χ2v) is 11.4. The van der Waals surface area contributed by atoms with E-state index in [1.165, 1.54) is 0 Å². The fraction of sp³-hybridized carbons (Fsp3) is 0.303. The van der Waals surface area contributed by atoms with Crippen molar-refractivity contribution < 1.29 is 9.33 Å². The summed E-state index contributed by atoms with van der Waals surface area (Å²) in [4.78, 5) is 15.0. The number of aromatic nitrogens is 1. The molecule has 4 aliphatic rings. The molecule has 0 spiro atoms. The molecule has 0 aliphatic carbocycles. The summed E-state index contributed by atoms with van der Waals surface area (Å²) in [6.07, 6.45) is 9.89. The molecule has 7 rings (SSSR count). The van der Waals surface area contributed by atoms with Crippen LogP contribution in [0.15, 0.2) is 101 Å². The Hall–Kier alpha value is -3.95. The van der Waals surface area contributed by atoms with Gasteiger partial charge in [0.2, 0.25) is 5.84 Å². The molecule has 3 N–H and O–H groups in total. The Bertz CT molecular complexity index is 1540. The van der Waals surface area contributed by atoms with E-state index in [2.05, 4.69) is 65.9 Å². The summed E-state index contributed by atoms with van der Waals surface area (Å²) in [6, 6.07) is 23.4. The van der Waals surface area contributed by atoms with Crippen molar-refractivity contribution in [3.63, 3.8) is 0 Å². The normalized spacial score (nSPS) is 26.3. The van der Waals surface area contributed by atoms with E-state index in [0.717, 1.165) is 65.0 Å². The number of hydrogen-bond acceptors (Lipinski definition) is 7. The summed E-state index contributed by atoms with van der Waals surface area (Å²) in [6.45, 7) is 6.06. The zero-order chi connectivity index (χ0) is 28.0. The van der Waals surface area contributed by atoms with Crippen LogP contribution in [0, 0.1) is 0 Å². The zero-order valence-electron chi connectivity index (χ0n) is 23.5. The number of nitrogens with two attached hydrogens (primary N) is 1. The third kappa shape index (κ3) is 4.73. The molecule has 0 radical (unpaired) electrons. The predicted molar refractivity (Wildman–Crippen MR) is 163 cm³/mol. The SMILES string of the molecule is CC(CC1=NC(c2ccc(-c3ccc(C(C)N)cc3)nc2)=CC2=NC=C[N@@+]21N1C[C@@H]2C[C@H]1CN2)Oc1ccccc1. The third-order valence-electron chi connectivity index (χ3n) is 8.52. The number of para-hydroxylation sites is 1. The first-order chi connectivity index (χ1) is 20.0. The Labute approximate surface area is 241 Å². The van der Waals surface area contributed by atoms with Gasteiger partial charge >= 0.3 is 0 Å². The number of hydrogen-bond donors (Lipinski definition) is 2. The molecule has 2 fully saturated rings. The summed E-state index contributed by atoms with van der Waals surface area (Å²) in [5, 5.41) is 6.20. The second-order valence-electron chi connectivity index (χ2n) is 11.4. The topological polar surface area (TPSA) is 88.1 Å². The lowest BCUT2D eigenvalue weighted by molar-refractivity contribution is -0.834. The lowest BCUT2D eigenvalue weighted by atomic mass is 10.0. The Morgan fingerprint density at radius 2 is 1.85 bits per heavy atom. The maximum Gasteiger partial charge on any atom is 0.260 e. The van der Waals surface area contributed by atoms with Crippen LogP contribution in [-0.2, 0) is 0 Å². The number of benzene rings is 2. The number of ether oxygens (including phenoxy) is 1. The van der Waals surface area contributed by atoms with Gasteiger partial charge in [-0.1, -0.05) is 42.5 Å². The summed E-state index contributed by atoms with van der Waals surface area (Å²) in [5.41, 5.74) is 11.0. The molecule has 1 aromatic heterocycles. The van der Waals surface area contributed by atoms with Gasteiger partial charge in [0, 0.05) is 42.0 Å². The van der Waals surface area contributed by atoms with Gasteiger partial charge in [0.05, 0.1) is 36.6 Å². The van der Waals surface area contributed by atoms with Gasteiger partial charge in [-0.05, 0) is 50.1 Å². The molecule has 5 heterocycles. The first kappa shape index (κ1) is 26.0. The molecular weight excluding hydrogens is 510 g/mol. The van der Waals surface area contributed by atoms with Crippen LogP contribution < -0.4 is 15.8 Å². The number of nitrogens with zero attached hydrogens (tertiary/aromatic N) is 5. The minimum absolute atomic E-state index is 0.0102. The molecule has 4 aliphatic heterocycles. The Morgan fingerprint density at radius 1 is 1.05 bits per heavy atom. The Balaban J connectivity index is 1.21. The van der Waals surface area contributed by atoms with Gasteiger partial charge in [-0.15, -0.1) is 9.60 Å². The average Bonchev–Trinajstić information content (AvgIpc) is 3.74. The van der Waals surface area contributed by atoms with Gasteiger partial charge in [0.25, 0.3) is 5.84 Å². The fourth-order valence-corrected chi connectivity index (χ4v) is 6.42. The first-order valence-electron chi connectivity index (χ1n) is 14.5. The minimum atomic E-state index is -0.0709. The van der Waals surface area contributed by atoms with Crippen molar-refractivity contribution in [3.8, 4) is 17.0 Å². The van der Waals surface area contributed by atoms with Crippen molar-refractivity contribution in [2.24, 2.45) is 15.7 Å². The van der Waals surface area contributed by atoms with Crippen LogP contribution in [0.4, 0.5) is 0 Å². The number of fused-ring (bicyclic) bond motifs is 3. The van der Waals surface area contributed by atoms with E-state index in [4.69, 9.17) is 25.4 Å². The predicted octanol–water partition coefficient (Wildman–Crippen LogP) is 5.04. The fourth-order valence-electron chi connectivity index (χ4n) is 6.42. The van der Waals surface area contributed by atoms with Crippen molar-refractivity contribution in [1.29, 1.82) is 0 Å². The number of quaternary nitrogens is 1. The molecule has 0 saturated carbocycles. The average molecular weight is 547 g/mol. The molecule has 208 valence electrons. The van der Waals surface area contributed by atoms with E-state index in [0.29, 0.717) is 23.1 Å². The number of pyridine rings is 1. The monoisotopic (exact) mass is 546 g/mol. The van der Waals surface area contributed by atoms with E-state index in [1.807, 2.05) is 49.7 Å². The number of piperazine rings is 1. The van der Waals surface area contributed by atoms with E-state index in [-0.39, 0.29) is 12.1 Å². The Morgan fingerprint density at radius 3 is 2.54 bits per heavy atom. The summed E-state index contributed by atoms with van der Waals surface area (Å²) in [7, 11) is 0. The summed E-state index contributed by atoms with van der Waals surface area (Å²) < 4.78 is 6.79. The van der Waals surface area contributed by atoms with Gasteiger partial charge in [-0.25, -0.2) is 0 Å². The molecule has 2 unspecified atom stereocenters. The van der Waals surface area contributed by atoms with E-state index < -0.39 is 0 Å². The molecule has 3 aromatic rings. The molecule has 5 atom stereocenters. The van der Waals surface area contributed by atoms with Crippen molar-refractivity contribution >= 4 is 17.4 Å². The van der Waals surface area contributed by atoms with Crippen LogP contribution in [0.2, 0.25) is 0 Å².